The number of carbonyl (C=O) groups is 1. The molecule has 2 saturated heterocycles. The number of benzene rings is 1. The molecule has 1 aromatic heterocycles. The first-order valence-electron chi connectivity index (χ1n) is 9.31. The third kappa shape index (κ3) is 3.63. The summed E-state index contributed by atoms with van der Waals surface area (Å²) in [6.45, 7) is 4.54. The van der Waals surface area contributed by atoms with Crippen molar-refractivity contribution in [3.63, 3.8) is 0 Å². The molecule has 2 aliphatic heterocycles. The quantitative estimate of drug-likeness (QED) is 0.849. The SMILES string of the molecule is O=C(c1cccc(F)c1)N1CCC2(CCN(Cc3ccccn3)CC2)C1. The lowest BCUT2D eigenvalue weighted by molar-refractivity contribution is 0.0712. The summed E-state index contributed by atoms with van der Waals surface area (Å²) in [7, 11) is 0. The van der Waals surface area contributed by atoms with E-state index in [1.54, 1.807) is 12.1 Å². The van der Waals surface area contributed by atoms with E-state index in [0.717, 1.165) is 57.7 Å². The second kappa shape index (κ2) is 7.16. The molecule has 0 atom stereocenters. The van der Waals surface area contributed by atoms with Crippen molar-refractivity contribution in [1.82, 2.24) is 14.8 Å². The van der Waals surface area contributed by atoms with Gasteiger partial charge in [0.25, 0.3) is 5.91 Å². The van der Waals surface area contributed by atoms with E-state index < -0.39 is 0 Å². The fourth-order valence-corrected chi connectivity index (χ4v) is 4.23. The van der Waals surface area contributed by atoms with Crippen LogP contribution >= 0.6 is 0 Å². The monoisotopic (exact) mass is 353 g/mol. The van der Waals surface area contributed by atoms with E-state index in [1.165, 1.54) is 12.1 Å². The number of aromatic nitrogens is 1. The Bertz CT molecular complexity index is 772. The number of carbonyl (C=O) groups excluding carboxylic acids is 1. The number of piperidine rings is 1. The fourth-order valence-electron chi connectivity index (χ4n) is 4.23. The standard InChI is InChI=1S/C21H24FN3O/c22-18-5-3-4-17(14-18)20(26)25-13-9-21(16-25)7-11-24(12-8-21)15-19-6-1-2-10-23-19/h1-6,10,14H,7-9,11-13,15-16H2. The van der Waals surface area contributed by atoms with Crippen LogP contribution in [0.3, 0.4) is 0 Å². The Hall–Kier alpha value is -2.27. The summed E-state index contributed by atoms with van der Waals surface area (Å²) >= 11 is 0. The number of hydrogen-bond acceptors (Lipinski definition) is 3. The molecule has 0 aliphatic carbocycles. The summed E-state index contributed by atoms with van der Waals surface area (Å²) in [6, 6.07) is 12.1. The van der Waals surface area contributed by atoms with E-state index in [2.05, 4.69) is 16.0 Å². The minimum atomic E-state index is -0.354. The van der Waals surface area contributed by atoms with Crippen molar-refractivity contribution in [1.29, 1.82) is 0 Å². The molecular formula is C21H24FN3O. The Balaban J connectivity index is 1.34. The van der Waals surface area contributed by atoms with Crippen molar-refractivity contribution in [2.24, 2.45) is 5.41 Å². The highest BCUT2D eigenvalue weighted by Crippen LogP contribution is 2.41. The first-order chi connectivity index (χ1) is 12.6. The summed E-state index contributed by atoms with van der Waals surface area (Å²) in [6.07, 6.45) is 5.10. The lowest BCUT2D eigenvalue weighted by Gasteiger charge is -2.39. The van der Waals surface area contributed by atoms with Crippen LogP contribution in [-0.4, -0.2) is 46.9 Å². The molecule has 4 nitrogen and oxygen atoms in total. The molecule has 2 fully saturated rings. The van der Waals surface area contributed by atoms with E-state index in [9.17, 15) is 9.18 Å². The van der Waals surface area contributed by atoms with Crippen LogP contribution in [0.2, 0.25) is 0 Å². The van der Waals surface area contributed by atoms with Crippen molar-refractivity contribution < 1.29 is 9.18 Å². The third-order valence-electron chi connectivity index (χ3n) is 5.83. The minimum Gasteiger partial charge on any atom is -0.338 e. The summed E-state index contributed by atoms with van der Waals surface area (Å²) < 4.78 is 13.4. The van der Waals surface area contributed by atoms with Gasteiger partial charge in [-0.2, -0.15) is 0 Å². The van der Waals surface area contributed by atoms with Gasteiger partial charge in [-0.25, -0.2) is 4.39 Å². The molecule has 1 amide bonds. The van der Waals surface area contributed by atoms with E-state index >= 15 is 0 Å². The van der Waals surface area contributed by atoms with Crippen LogP contribution in [0.25, 0.3) is 0 Å². The van der Waals surface area contributed by atoms with Crippen LogP contribution in [0.1, 0.15) is 35.3 Å². The molecule has 136 valence electrons. The lowest BCUT2D eigenvalue weighted by atomic mass is 9.78. The van der Waals surface area contributed by atoms with E-state index in [1.807, 2.05) is 23.2 Å². The number of rotatable bonds is 3. The van der Waals surface area contributed by atoms with Crippen molar-refractivity contribution in [2.45, 2.75) is 25.8 Å². The zero-order valence-electron chi connectivity index (χ0n) is 14.9. The molecule has 26 heavy (non-hydrogen) atoms. The maximum absolute atomic E-state index is 13.4. The average Bonchev–Trinajstić information content (AvgIpc) is 3.08. The number of pyridine rings is 1. The molecule has 0 saturated carbocycles. The topological polar surface area (TPSA) is 36.4 Å². The Morgan fingerprint density at radius 1 is 1.08 bits per heavy atom. The number of amides is 1. The Morgan fingerprint density at radius 3 is 2.62 bits per heavy atom. The molecule has 1 aromatic carbocycles. The Morgan fingerprint density at radius 2 is 1.88 bits per heavy atom. The molecule has 0 radical (unpaired) electrons. The Labute approximate surface area is 153 Å². The summed E-state index contributed by atoms with van der Waals surface area (Å²) in [5.41, 5.74) is 1.79. The van der Waals surface area contributed by atoms with Gasteiger partial charge in [0.05, 0.1) is 5.69 Å². The largest absolute Gasteiger partial charge is 0.338 e. The molecule has 0 unspecified atom stereocenters. The van der Waals surface area contributed by atoms with Gasteiger partial charge in [-0.1, -0.05) is 12.1 Å². The van der Waals surface area contributed by atoms with Crippen molar-refractivity contribution >= 4 is 5.91 Å². The van der Waals surface area contributed by atoms with Gasteiger partial charge in [0.2, 0.25) is 0 Å². The smallest absolute Gasteiger partial charge is 0.253 e. The fraction of sp³-hybridized carbons (Fsp3) is 0.429. The second-order valence-corrected chi connectivity index (χ2v) is 7.58. The predicted octanol–water partition coefficient (Wildman–Crippen LogP) is 3.35. The summed E-state index contributed by atoms with van der Waals surface area (Å²) in [5, 5.41) is 0. The van der Waals surface area contributed by atoms with Gasteiger partial charge in [0, 0.05) is 31.4 Å². The third-order valence-corrected chi connectivity index (χ3v) is 5.83. The number of hydrogen-bond donors (Lipinski definition) is 0. The van der Waals surface area contributed by atoms with Crippen molar-refractivity contribution in [2.75, 3.05) is 26.2 Å². The van der Waals surface area contributed by atoms with Crippen LogP contribution < -0.4 is 0 Å². The normalized spacial score (nSPS) is 19.8. The van der Waals surface area contributed by atoms with Crippen LogP contribution in [0.15, 0.2) is 48.7 Å². The summed E-state index contributed by atoms with van der Waals surface area (Å²) in [4.78, 5) is 21.4. The minimum absolute atomic E-state index is 0.0442. The Kier molecular flexibility index (Phi) is 4.72. The molecule has 0 N–H and O–H groups in total. The van der Waals surface area contributed by atoms with Gasteiger partial charge in [0.15, 0.2) is 0 Å². The van der Waals surface area contributed by atoms with Crippen molar-refractivity contribution in [3.8, 4) is 0 Å². The molecule has 2 aromatic rings. The molecule has 4 rings (SSSR count). The molecule has 2 aliphatic rings. The van der Waals surface area contributed by atoms with E-state index in [4.69, 9.17) is 0 Å². The highest BCUT2D eigenvalue weighted by atomic mass is 19.1. The average molecular weight is 353 g/mol. The molecule has 5 heteroatoms. The van der Waals surface area contributed by atoms with Gasteiger partial charge in [-0.05, 0) is 68.1 Å². The van der Waals surface area contributed by atoms with Gasteiger partial charge < -0.3 is 4.90 Å². The molecule has 1 spiro atoms. The van der Waals surface area contributed by atoms with Gasteiger partial charge in [-0.3, -0.25) is 14.7 Å². The van der Waals surface area contributed by atoms with Crippen LogP contribution in [-0.2, 0) is 6.54 Å². The number of halogens is 1. The number of nitrogens with zero attached hydrogens (tertiary/aromatic N) is 3. The van der Waals surface area contributed by atoms with Gasteiger partial charge in [0.1, 0.15) is 5.82 Å². The van der Waals surface area contributed by atoms with Crippen LogP contribution in [0.5, 0.6) is 0 Å². The van der Waals surface area contributed by atoms with E-state index in [-0.39, 0.29) is 17.1 Å². The maximum Gasteiger partial charge on any atom is 0.253 e. The van der Waals surface area contributed by atoms with Crippen LogP contribution in [0, 0.1) is 11.2 Å². The molecule has 3 heterocycles. The first-order valence-corrected chi connectivity index (χ1v) is 9.31. The highest BCUT2D eigenvalue weighted by Gasteiger charge is 2.42. The molecule has 0 bridgehead atoms. The first kappa shape index (κ1) is 17.2. The zero-order valence-corrected chi connectivity index (χ0v) is 14.9. The van der Waals surface area contributed by atoms with E-state index in [0.29, 0.717) is 5.56 Å². The second-order valence-electron chi connectivity index (χ2n) is 7.58. The lowest BCUT2D eigenvalue weighted by Crippen LogP contribution is -2.42. The van der Waals surface area contributed by atoms with Gasteiger partial charge in [-0.15, -0.1) is 0 Å². The van der Waals surface area contributed by atoms with Crippen LogP contribution in [0.4, 0.5) is 4.39 Å². The predicted molar refractivity (Wildman–Crippen MR) is 98.1 cm³/mol. The highest BCUT2D eigenvalue weighted by molar-refractivity contribution is 5.94. The number of likely N-dealkylation sites (tertiary alicyclic amines) is 2. The molecular weight excluding hydrogens is 329 g/mol. The van der Waals surface area contributed by atoms with Crippen molar-refractivity contribution in [3.05, 3.63) is 65.7 Å². The maximum atomic E-state index is 13.4. The summed E-state index contributed by atoms with van der Waals surface area (Å²) in [5.74, 6) is -0.398. The van der Waals surface area contributed by atoms with Gasteiger partial charge >= 0.3 is 0 Å². The zero-order chi connectivity index (χ0) is 18.0.